The maximum absolute atomic E-state index is 9.15. The third-order valence-corrected chi connectivity index (χ3v) is 4.23. The predicted molar refractivity (Wildman–Crippen MR) is 79.3 cm³/mol. The lowest BCUT2D eigenvalue weighted by atomic mass is 9.73. The average Bonchev–Trinajstić information content (AvgIpc) is 2.41. The fourth-order valence-corrected chi connectivity index (χ4v) is 3.25. The molecule has 0 atom stereocenters. The van der Waals surface area contributed by atoms with E-state index >= 15 is 0 Å². The van der Waals surface area contributed by atoms with Gasteiger partial charge >= 0.3 is 0 Å². The molecule has 1 fully saturated rings. The van der Waals surface area contributed by atoms with Crippen LogP contribution in [0.15, 0.2) is 0 Å². The summed E-state index contributed by atoms with van der Waals surface area (Å²) >= 11 is 0. The Morgan fingerprint density at radius 2 is 1.68 bits per heavy atom. The van der Waals surface area contributed by atoms with Crippen LogP contribution in [-0.2, 0) is 0 Å². The minimum Gasteiger partial charge on any atom is -0.395 e. The highest BCUT2D eigenvalue weighted by molar-refractivity contribution is 4.88. The summed E-state index contributed by atoms with van der Waals surface area (Å²) in [6.45, 7) is 7.08. The van der Waals surface area contributed by atoms with E-state index in [2.05, 4.69) is 17.1 Å². The lowest BCUT2D eigenvalue weighted by molar-refractivity contribution is 0.0766. The average molecular weight is 272 g/mol. The largest absolute Gasteiger partial charge is 0.395 e. The maximum atomic E-state index is 9.15. The Bertz CT molecular complexity index is 212. The number of nitrogens with zero attached hydrogens (tertiary/aromatic N) is 1. The number of aliphatic hydroxyl groups is 2. The molecule has 4 nitrogen and oxygen atoms in total. The number of hydrogen-bond acceptors (Lipinski definition) is 4. The van der Waals surface area contributed by atoms with Gasteiger partial charge in [-0.05, 0) is 31.2 Å². The highest BCUT2D eigenvalue weighted by atomic mass is 16.3. The monoisotopic (exact) mass is 272 g/mol. The fraction of sp³-hybridized carbons (Fsp3) is 1.00. The highest BCUT2D eigenvalue weighted by Crippen LogP contribution is 2.36. The Morgan fingerprint density at radius 3 is 2.21 bits per heavy atom. The van der Waals surface area contributed by atoms with Gasteiger partial charge in [-0.2, -0.15) is 0 Å². The van der Waals surface area contributed by atoms with Crippen LogP contribution in [-0.4, -0.2) is 61.1 Å². The van der Waals surface area contributed by atoms with Crippen molar-refractivity contribution >= 4 is 0 Å². The summed E-state index contributed by atoms with van der Waals surface area (Å²) in [7, 11) is 0. The van der Waals surface area contributed by atoms with Crippen LogP contribution in [0.3, 0.4) is 0 Å². The van der Waals surface area contributed by atoms with Crippen molar-refractivity contribution in [3.8, 4) is 0 Å². The van der Waals surface area contributed by atoms with Gasteiger partial charge in [0.1, 0.15) is 0 Å². The second-order valence-corrected chi connectivity index (χ2v) is 5.96. The van der Waals surface area contributed by atoms with Gasteiger partial charge in [0.25, 0.3) is 0 Å². The van der Waals surface area contributed by atoms with Crippen LogP contribution in [0, 0.1) is 5.41 Å². The molecule has 0 spiro atoms. The minimum absolute atomic E-state index is 0.179. The normalized spacial score (nSPS) is 18.9. The molecule has 1 aliphatic carbocycles. The number of hydrogen-bond donors (Lipinski definition) is 3. The Morgan fingerprint density at radius 1 is 1.05 bits per heavy atom. The van der Waals surface area contributed by atoms with Gasteiger partial charge in [-0.3, -0.25) is 4.90 Å². The first-order valence-corrected chi connectivity index (χ1v) is 7.91. The molecule has 0 amide bonds. The lowest BCUT2D eigenvalue weighted by Crippen LogP contribution is -2.47. The van der Waals surface area contributed by atoms with E-state index in [1.54, 1.807) is 0 Å². The van der Waals surface area contributed by atoms with Crippen LogP contribution in [0.4, 0.5) is 0 Å². The van der Waals surface area contributed by atoms with Crippen molar-refractivity contribution in [1.82, 2.24) is 10.2 Å². The quantitative estimate of drug-likeness (QED) is 0.524. The van der Waals surface area contributed by atoms with Gasteiger partial charge in [-0.1, -0.05) is 26.2 Å². The minimum atomic E-state index is 0.179. The van der Waals surface area contributed by atoms with Gasteiger partial charge in [-0.15, -0.1) is 0 Å². The lowest BCUT2D eigenvalue weighted by Gasteiger charge is -2.41. The van der Waals surface area contributed by atoms with Gasteiger partial charge < -0.3 is 15.5 Å². The van der Waals surface area contributed by atoms with Crippen molar-refractivity contribution in [1.29, 1.82) is 0 Å². The molecule has 0 heterocycles. The van der Waals surface area contributed by atoms with Crippen LogP contribution in [0.5, 0.6) is 0 Å². The summed E-state index contributed by atoms with van der Waals surface area (Å²) in [4.78, 5) is 2.22. The molecule has 0 saturated heterocycles. The molecule has 4 heteroatoms. The van der Waals surface area contributed by atoms with Gasteiger partial charge in [0.2, 0.25) is 0 Å². The van der Waals surface area contributed by atoms with E-state index in [1.165, 1.54) is 38.5 Å². The molecule has 0 radical (unpaired) electrons. The summed E-state index contributed by atoms with van der Waals surface area (Å²) in [6.07, 6.45) is 7.72. The van der Waals surface area contributed by atoms with E-state index in [9.17, 15) is 0 Å². The zero-order chi connectivity index (χ0) is 14.0. The summed E-state index contributed by atoms with van der Waals surface area (Å²) in [5.41, 5.74) is 0.345. The first kappa shape index (κ1) is 16.9. The molecule has 0 bridgehead atoms. The molecule has 114 valence electrons. The van der Waals surface area contributed by atoms with Crippen molar-refractivity contribution in [3.63, 3.8) is 0 Å². The summed E-state index contributed by atoms with van der Waals surface area (Å²) in [5, 5.41) is 21.9. The van der Waals surface area contributed by atoms with Crippen molar-refractivity contribution in [2.24, 2.45) is 5.41 Å². The first-order chi connectivity index (χ1) is 9.26. The molecule has 1 rings (SSSR count). The molecular formula is C15H32N2O2. The number of rotatable bonds is 10. The molecule has 19 heavy (non-hydrogen) atoms. The van der Waals surface area contributed by atoms with Crippen LogP contribution >= 0.6 is 0 Å². The zero-order valence-corrected chi connectivity index (χ0v) is 12.5. The molecule has 0 aromatic carbocycles. The van der Waals surface area contributed by atoms with Gasteiger partial charge in [-0.25, -0.2) is 0 Å². The van der Waals surface area contributed by atoms with Crippen LogP contribution in [0.25, 0.3) is 0 Å². The van der Waals surface area contributed by atoms with Gasteiger partial charge in [0.15, 0.2) is 0 Å². The Kier molecular flexibility index (Phi) is 8.62. The van der Waals surface area contributed by atoms with Gasteiger partial charge in [0, 0.05) is 26.2 Å². The Labute approximate surface area is 118 Å². The Balaban J connectivity index is 2.55. The van der Waals surface area contributed by atoms with E-state index in [0.717, 1.165) is 19.6 Å². The van der Waals surface area contributed by atoms with Crippen molar-refractivity contribution in [2.45, 2.75) is 45.4 Å². The Hall–Kier alpha value is -0.160. The van der Waals surface area contributed by atoms with E-state index in [-0.39, 0.29) is 13.2 Å². The molecule has 1 aliphatic rings. The first-order valence-electron chi connectivity index (χ1n) is 7.91. The van der Waals surface area contributed by atoms with Crippen LogP contribution in [0.2, 0.25) is 0 Å². The second kappa shape index (κ2) is 9.70. The molecule has 3 N–H and O–H groups in total. The smallest absolute Gasteiger partial charge is 0.0558 e. The molecule has 0 aliphatic heterocycles. The van der Waals surface area contributed by atoms with Crippen molar-refractivity contribution in [3.05, 3.63) is 0 Å². The van der Waals surface area contributed by atoms with Gasteiger partial charge in [0.05, 0.1) is 13.2 Å². The van der Waals surface area contributed by atoms with Crippen LogP contribution < -0.4 is 5.32 Å². The number of nitrogens with one attached hydrogen (secondary N) is 1. The van der Waals surface area contributed by atoms with E-state index < -0.39 is 0 Å². The molecular weight excluding hydrogens is 240 g/mol. The molecule has 0 aromatic rings. The third-order valence-electron chi connectivity index (χ3n) is 4.23. The SMILES string of the molecule is CCCNCC1(CN(CCO)CCO)CCCCC1. The number of aliphatic hydroxyl groups excluding tert-OH is 2. The standard InChI is InChI=1S/C15H32N2O2/c1-2-8-16-13-15(6-4-3-5-7-15)14-17(9-11-18)10-12-19/h16,18-19H,2-14H2,1H3. The summed E-state index contributed by atoms with van der Waals surface area (Å²) in [5.74, 6) is 0. The predicted octanol–water partition coefficient (Wildman–Crippen LogP) is 1.22. The molecule has 0 aromatic heterocycles. The summed E-state index contributed by atoms with van der Waals surface area (Å²) in [6, 6.07) is 0. The maximum Gasteiger partial charge on any atom is 0.0558 e. The van der Waals surface area contributed by atoms with Crippen LogP contribution in [0.1, 0.15) is 45.4 Å². The topological polar surface area (TPSA) is 55.7 Å². The molecule has 1 saturated carbocycles. The van der Waals surface area contributed by atoms with E-state index in [1.807, 2.05) is 0 Å². The second-order valence-electron chi connectivity index (χ2n) is 5.96. The van der Waals surface area contributed by atoms with Crippen molar-refractivity contribution < 1.29 is 10.2 Å². The third kappa shape index (κ3) is 6.21. The van der Waals surface area contributed by atoms with E-state index in [4.69, 9.17) is 10.2 Å². The highest BCUT2D eigenvalue weighted by Gasteiger charge is 2.33. The summed E-state index contributed by atoms with van der Waals surface area (Å²) < 4.78 is 0. The fourth-order valence-electron chi connectivity index (χ4n) is 3.25. The van der Waals surface area contributed by atoms with E-state index in [0.29, 0.717) is 18.5 Å². The zero-order valence-electron chi connectivity index (χ0n) is 12.5. The van der Waals surface area contributed by atoms with Crippen molar-refractivity contribution in [2.75, 3.05) is 45.9 Å². The molecule has 0 unspecified atom stereocenters.